The number of fused-ring (bicyclic) bond motifs is 5. The molecule has 10 heteroatoms. The van der Waals surface area contributed by atoms with Gasteiger partial charge in [-0.1, -0.05) is 13.8 Å². The van der Waals surface area contributed by atoms with Gasteiger partial charge in [0.05, 0.1) is 6.10 Å². The van der Waals surface area contributed by atoms with Crippen LogP contribution in [0.2, 0.25) is 0 Å². The fraction of sp³-hybridized carbons (Fsp3) is 0.905. The largest absolute Gasteiger partial charge is 1.00 e. The van der Waals surface area contributed by atoms with Gasteiger partial charge in [0.15, 0.2) is 5.78 Å². The van der Waals surface area contributed by atoms with Crippen molar-refractivity contribution in [3.63, 3.8) is 0 Å². The van der Waals surface area contributed by atoms with Gasteiger partial charge in [-0.25, -0.2) is 8.42 Å². The number of ketones is 2. The van der Waals surface area contributed by atoms with E-state index in [1.54, 1.807) is 6.92 Å². The van der Waals surface area contributed by atoms with E-state index in [0.29, 0.717) is 18.8 Å². The van der Waals surface area contributed by atoms with Gasteiger partial charge in [-0.3, -0.25) is 13.8 Å². The van der Waals surface area contributed by atoms with Crippen molar-refractivity contribution < 1.29 is 66.5 Å². The van der Waals surface area contributed by atoms with Gasteiger partial charge < -0.3 is 14.8 Å². The van der Waals surface area contributed by atoms with E-state index in [0.717, 1.165) is 25.7 Å². The molecule has 4 rings (SSSR count). The van der Waals surface area contributed by atoms with E-state index in [1.165, 1.54) is 0 Å². The fourth-order valence-corrected chi connectivity index (χ4v) is 8.01. The average Bonchev–Trinajstić information content (AvgIpc) is 2.91. The first-order valence-corrected chi connectivity index (χ1v) is 12.2. The van der Waals surface area contributed by atoms with Crippen molar-refractivity contribution in [1.29, 1.82) is 0 Å². The minimum atomic E-state index is -5.05. The van der Waals surface area contributed by atoms with E-state index in [-0.39, 0.29) is 77.5 Å². The monoisotopic (exact) mass is 466 g/mol. The molecule has 0 spiro atoms. The molecule has 0 aromatic heterocycles. The third kappa shape index (κ3) is 4.01. The molecule has 4 saturated carbocycles. The summed E-state index contributed by atoms with van der Waals surface area (Å²) in [7, 11) is -5.05. The first-order valence-electron chi connectivity index (χ1n) is 10.9. The smallest absolute Gasteiger partial charge is 0.726 e. The summed E-state index contributed by atoms with van der Waals surface area (Å²) < 4.78 is 36.4. The van der Waals surface area contributed by atoms with Gasteiger partial charge in [-0.2, -0.15) is 0 Å². The van der Waals surface area contributed by atoms with Crippen LogP contribution in [0.4, 0.5) is 0 Å². The van der Waals surface area contributed by atoms with Crippen molar-refractivity contribution in [1.82, 2.24) is 0 Å². The SMILES string of the molecule is C[C@]12CC[C@@H](O)C[C@@H]1CC[C@@H]1[C@@H]2C(=O)C[C@@]2(C)[C@H]1CC[C@]2(O)C(=O)COS(=O)(=O)[O-].[Na+]. The second-order valence-corrected chi connectivity index (χ2v) is 11.6. The summed E-state index contributed by atoms with van der Waals surface area (Å²) in [5.74, 6) is -0.626. The van der Waals surface area contributed by atoms with Gasteiger partial charge in [0.2, 0.25) is 10.4 Å². The zero-order valence-electron chi connectivity index (χ0n) is 18.5. The number of rotatable bonds is 4. The molecule has 4 fully saturated rings. The Morgan fingerprint density at radius 2 is 1.87 bits per heavy atom. The first kappa shape index (κ1) is 25.7. The maximum Gasteiger partial charge on any atom is 1.00 e. The number of carbonyl (C=O) groups is 2. The summed E-state index contributed by atoms with van der Waals surface area (Å²) in [5.41, 5.74) is -3.07. The molecule has 2 N–H and O–H groups in total. The standard InChI is InChI=1S/C21H32O8S.Na/c1-19-7-5-13(22)9-12(19)3-4-14-15-6-8-21(25,17(24)11-29-30(26,27)28)20(15,2)10-16(23)18(14)19;/h12-15,18,22,25H,3-11H2,1-2H3,(H,26,27,28);/q;+1/p-1/t12-,13+,14-,15-,18+,19-,20-,21-;/m0./s1. The Hall–Kier alpha value is 0.130. The van der Waals surface area contributed by atoms with Crippen LogP contribution < -0.4 is 29.6 Å². The molecule has 0 heterocycles. The van der Waals surface area contributed by atoms with Crippen LogP contribution in [-0.4, -0.2) is 53.1 Å². The summed E-state index contributed by atoms with van der Waals surface area (Å²) >= 11 is 0. The Morgan fingerprint density at radius 1 is 1.19 bits per heavy atom. The topological polar surface area (TPSA) is 141 Å². The molecule has 4 aliphatic rings. The van der Waals surface area contributed by atoms with Gasteiger partial charge in [-0.15, -0.1) is 0 Å². The minimum Gasteiger partial charge on any atom is -0.726 e. The number of aliphatic hydroxyl groups is 2. The van der Waals surface area contributed by atoms with Crippen LogP contribution in [0.1, 0.15) is 65.2 Å². The summed E-state index contributed by atoms with van der Waals surface area (Å²) in [6.45, 7) is 2.91. The van der Waals surface area contributed by atoms with Crippen LogP contribution >= 0.6 is 0 Å². The molecule has 31 heavy (non-hydrogen) atoms. The molecular formula is C21H31NaO8S. The Labute approximate surface area is 205 Å². The molecule has 0 saturated heterocycles. The minimum absolute atomic E-state index is 0. The van der Waals surface area contributed by atoms with Crippen molar-refractivity contribution in [2.75, 3.05) is 6.61 Å². The number of hydrogen-bond donors (Lipinski definition) is 2. The molecule has 8 atom stereocenters. The first-order chi connectivity index (χ1) is 13.8. The van der Waals surface area contributed by atoms with Gasteiger partial charge in [-0.05, 0) is 68.1 Å². The van der Waals surface area contributed by atoms with Gasteiger partial charge in [0.1, 0.15) is 18.0 Å². The zero-order chi connectivity index (χ0) is 22.1. The quantitative estimate of drug-likeness (QED) is 0.285. The molecule has 4 aliphatic carbocycles. The third-order valence-electron chi connectivity index (χ3n) is 9.27. The Kier molecular flexibility index (Phi) is 6.99. The second kappa shape index (κ2) is 8.41. The normalized spacial score (nSPS) is 47.0. The maximum absolute atomic E-state index is 13.5. The summed E-state index contributed by atoms with van der Waals surface area (Å²) in [6.07, 6.45) is 4.38. The molecular weight excluding hydrogens is 435 g/mol. The Balaban J connectivity index is 0.00000272. The van der Waals surface area contributed by atoms with Crippen molar-refractivity contribution in [3.8, 4) is 0 Å². The number of hydrogen-bond acceptors (Lipinski definition) is 8. The van der Waals surface area contributed by atoms with E-state index in [9.17, 15) is 32.8 Å². The molecule has 0 aromatic carbocycles. The average molecular weight is 467 g/mol. The molecule has 8 nitrogen and oxygen atoms in total. The summed E-state index contributed by atoms with van der Waals surface area (Å²) in [6, 6.07) is 0. The number of carbonyl (C=O) groups excluding carboxylic acids is 2. The maximum atomic E-state index is 13.5. The van der Waals surface area contributed by atoms with E-state index >= 15 is 0 Å². The van der Waals surface area contributed by atoms with Gasteiger partial charge in [0, 0.05) is 17.8 Å². The van der Waals surface area contributed by atoms with Crippen LogP contribution in [0.15, 0.2) is 0 Å². The fourth-order valence-electron chi connectivity index (χ4n) is 7.76. The molecule has 0 radical (unpaired) electrons. The van der Waals surface area contributed by atoms with Crippen molar-refractivity contribution >= 4 is 22.0 Å². The van der Waals surface area contributed by atoms with Crippen LogP contribution in [-0.2, 0) is 24.2 Å². The van der Waals surface area contributed by atoms with Crippen molar-refractivity contribution in [2.24, 2.45) is 34.5 Å². The molecule has 170 valence electrons. The predicted molar refractivity (Wildman–Crippen MR) is 104 cm³/mol. The third-order valence-corrected chi connectivity index (χ3v) is 9.68. The molecule has 0 amide bonds. The van der Waals surface area contributed by atoms with E-state index in [4.69, 9.17) is 0 Å². The number of Topliss-reactive ketones (excluding diaryl/α,β-unsaturated/α-hetero) is 2. The predicted octanol–water partition coefficient (Wildman–Crippen LogP) is -1.65. The summed E-state index contributed by atoms with van der Waals surface area (Å²) in [5, 5.41) is 21.5. The molecule has 0 aromatic rings. The van der Waals surface area contributed by atoms with Crippen molar-refractivity contribution in [2.45, 2.75) is 76.9 Å². The van der Waals surface area contributed by atoms with E-state index < -0.39 is 33.8 Å². The molecule has 0 unspecified atom stereocenters. The van der Waals surface area contributed by atoms with Crippen LogP contribution in [0, 0.1) is 34.5 Å². The van der Waals surface area contributed by atoms with Crippen LogP contribution in [0.5, 0.6) is 0 Å². The number of aliphatic hydroxyl groups excluding tert-OH is 1. The van der Waals surface area contributed by atoms with Crippen LogP contribution in [0.25, 0.3) is 0 Å². The zero-order valence-corrected chi connectivity index (χ0v) is 21.3. The Morgan fingerprint density at radius 3 is 2.52 bits per heavy atom. The van der Waals surface area contributed by atoms with Gasteiger partial charge in [0.25, 0.3) is 0 Å². The van der Waals surface area contributed by atoms with Crippen molar-refractivity contribution in [3.05, 3.63) is 0 Å². The molecule has 0 bridgehead atoms. The summed E-state index contributed by atoms with van der Waals surface area (Å²) in [4.78, 5) is 26.2. The van der Waals surface area contributed by atoms with Crippen LogP contribution in [0.3, 0.4) is 0 Å². The Bertz CT molecular complexity index is 861. The van der Waals surface area contributed by atoms with Gasteiger partial charge >= 0.3 is 29.6 Å². The second-order valence-electron chi connectivity index (χ2n) is 10.5. The van der Waals surface area contributed by atoms with E-state index in [1.807, 2.05) is 0 Å². The van der Waals surface area contributed by atoms with E-state index in [2.05, 4.69) is 11.1 Å². The molecule has 0 aliphatic heterocycles.